The van der Waals surface area contributed by atoms with Crippen molar-refractivity contribution in [3.8, 4) is 0 Å². The Hall–Kier alpha value is -1.29. The van der Waals surface area contributed by atoms with E-state index in [1.54, 1.807) is 12.1 Å². The average molecular weight is 435 g/mol. The van der Waals surface area contributed by atoms with Crippen molar-refractivity contribution in [3.05, 3.63) is 51.2 Å². The molecule has 110 valence electrons. The molecule has 0 unspecified atom stereocenters. The molecule has 0 radical (unpaired) electrons. The highest BCUT2D eigenvalue weighted by Crippen LogP contribution is 2.25. The van der Waals surface area contributed by atoms with Crippen LogP contribution in [0.5, 0.6) is 0 Å². The van der Waals surface area contributed by atoms with Gasteiger partial charge in [0.15, 0.2) is 0 Å². The molecule has 0 bridgehead atoms. The van der Waals surface area contributed by atoms with Gasteiger partial charge in [-0.15, -0.1) is 0 Å². The maximum atomic E-state index is 12.0. The van der Waals surface area contributed by atoms with Crippen molar-refractivity contribution >= 4 is 53.5 Å². The second kappa shape index (κ2) is 6.22. The number of nitrogens with zero attached hydrogens (tertiary/aromatic N) is 1. The van der Waals surface area contributed by atoms with E-state index < -0.39 is 15.9 Å². The minimum absolute atomic E-state index is 0.0471. The van der Waals surface area contributed by atoms with Gasteiger partial charge in [-0.05, 0) is 62.2 Å². The van der Waals surface area contributed by atoms with Crippen LogP contribution in [0, 0.1) is 0 Å². The average Bonchev–Trinajstić information content (AvgIpc) is 2.40. The molecule has 0 spiro atoms. The number of benzene rings is 1. The molecule has 2 rings (SSSR count). The van der Waals surface area contributed by atoms with Gasteiger partial charge in [0.05, 0.1) is 10.6 Å². The van der Waals surface area contributed by atoms with Gasteiger partial charge in [-0.3, -0.25) is 4.79 Å². The quantitative estimate of drug-likeness (QED) is 0.774. The zero-order valence-electron chi connectivity index (χ0n) is 10.4. The van der Waals surface area contributed by atoms with Crippen molar-refractivity contribution < 1.29 is 13.2 Å². The van der Waals surface area contributed by atoms with E-state index in [1.807, 2.05) is 0 Å². The Bertz CT molecular complexity index is 792. The molecule has 0 aliphatic carbocycles. The molecule has 1 amide bonds. The Balaban J connectivity index is 2.24. The molecule has 0 saturated carbocycles. The molecule has 21 heavy (non-hydrogen) atoms. The topological polar surface area (TPSA) is 102 Å². The summed E-state index contributed by atoms with van der Waals surface area (Å²) in [5.41, 5.74) is 0.651. The Labute approximate surface area is 138 Å². The van der Waals surface area contributed by atoms with Gasteiger partial charge in [0.1, 0.15) is 5.69 Å². The zero-order chi connectivity index (χ0) is 15.6. The summed E-state index contributed by atoms with van der Waals surface area (Å²) in [7, 11) is -3.79. The SMILES string of the molecule is NS(=O)(=O)c1ccc(NC(=O)c2ccc(Br)cn2)c(Br)c1. The molecular weight excluding hydrogens is 426 g/mol. The predicted molar refractivity (Wildman–Crippen MR) is 85.4 cm³/mol. The number of nitrogens with one attached hydrogen (secondary N) is 1. The number of halogens is 2. The van der Waals surface area contributed by atoms with Crippen LogP contribution in [0.3, 0.4) is 0 Å². The molecule has 0 aliphatic heterocycles. The molecular formula is C12H9Br2N3O3S. The van der Waals surface area contributed by atoms with Crippen LogP contribution in [0.25, 0.3) is 0 Å². The Morgan fingerprint density at radius 3 is 2.43 bits per heavy atom. The fourth-order valence-electron chi connectivity index (χ4n) is 1.47. The van der Waals surface area contributed by atoms with E-state index >= 15 is 0 Å². The molecule has 2 aromatic rings. The van der Waals surface area contributed by atoms with Crippen LogP contribution in [0.4, 0.5) is 5.69 Å². The summed E-state index contributed by atoms with van der Waals surface area (Å²) < 4.78 is 23.6. The first-order valence-corrected chi connectivity index (χ1v) is 8.66. The minimum atomic E-state index is -3.79. The zero-order valence-corrected chi connectivity index (χ0v) is 14.4. The summed E-state index contributed by atoms with van der Waals surface area (Å²) in [6, 6.07) is 7.33. The highest BCUT2D eigenvalue weighted by atomic mass is 79.9. The second-order valence-electron chi connectivity index (χ2n) is 4.00. The Morgan fingerprint density at radius 1 is 1.19 bits per heavy atom. The van der Waals surface area contributed by atoms with Crippen LogP contribution >= 0.6 is 31.9 Å². The summed E-state index contributed by atoms with van der Waals surface area (Å²) in [6.45, 7) is 0. The number of sulfonamides is 1. The number of carbonyl (C=O) groups excluding carboxylic acids is 1. The fraction of sp³-hybridized carbons (Fsp3) is 0. The fourth-order valence-corrected chi connectivity index (χ4v) is 2.87. The van der Waals surface area contributed by atoms with Crippen molar-refractivity contribution in [1.29, 1.82) is 0 Å². The highest BCUT2D eigenvalue weighted by Gasteiger charge is 2.13. The second-order valence-corrected chi connectivity index (χ2v) is 7.33. The highest BCUT2D eigenvalue weighted by molar-refractivity contribution is 9.10. The lowest BCUT2D eigenvalue weighted by Gasteiger charge is -2.08. The van der Waals surface area contributed by atoms with Crippen LogP contribution in [0.15, 0.2) is 50.4 Å². The summed E-state index contributed by atoms with van der Waals surface area (Å²) in [5.74, 6) is -0.411. The summed E-state index contributed by atoms with van der Waals surface area (Å²) >= 11 is 6.42. The van der Waals surface area contributed by atoms with Crippen LogP contribution in [0.2, 0.25) is 0 Å². The molecule has 9 heteroatoms. The summed E-state index contributed by atoms with van der Waals surface area (Å²) in [6.07, 6.45) is 1.51. The van der Waals surface area contributed by atoms with Crippen molar-refractivity contribution in [2.24, 2.45) is 5.14 Å². The van der Waals surface area contributed by atoms with Gasteiger partial charge in [0.25, 0.3) is 5.91 Å². The first-order valence-electron chi connectivity index (χ1n) is 5.52. The van der Waals surface area contributed by atoms with Gasteiger partial charge in [-0.25, -0.2) is 18.5 Å². The van der Waals surface area contributed by atoms with Crippen LogP contribution in [-0.2, 0) is 10.0 Å². The van der Waals surface area contributed by atoms with E-state index in [9.17, 15) is 13.2 Å². The van der Waals surface area contributed by atoms with Crippen molar-refractivity contribution in [3.63, 3.8) is 0 Å². The largest absolute Gasteiger partial charge is 0.320 e. The minimum Gasteiger partial charge on any atom is -0.320 e. The molecule has 1 aromatic carbocycles. The van der Waals surface area contributed by atoms with E-state index in [2.05, 4.69) is 42.2 Å². The number of rotatable bonds is 3. The van der Waals surface area contributed by atoms with Gasteiger partial charge in [-0.2, -0.15) is 0 Å². The van der Waals surface area contributed by atoms with Gasteiger partial charge >= 0.3 is 0 Å². The van der Waals surface area contributed by atoms with E-state index in [4.69, 9.17) is 5.14 Å². The van der Waals surface area contributed by atoms with Crippen molar-refractivity contribution in [2.75, 3.05) is 5.32 Å². The normalized spacial score (nSPS) is 11.2. The number of carbonyl (C=O) groups is 1. The van der Waals surface area contributed by atoms with Crippen molar-refractivity contribution in [2.45, 2.75) is 4.90 Å². The predicted octanol–water partition coefficient (Wildman–Crippen LogP) is 2.51. The van der Waals surface area contributed by atoms with Crippen LogP contribution in [-0.4, -0.2) is 19.3 Å². The summed E-state index contributed by atoms with van der Waals surface area (Å²) in [4.78, 5) is 15.9. The van der Waals surface area contributed by atoms with E-state index in [-0.39, 0.29) is 10.6 Å². The van der Waals surface area contributed by atoms with Gasteiger partial charge in [0.2, 0.25) is 10.0 Å². The third kappa shape index (κ3) is 4.10. The molecule has 0 aliphatic rings. The Kier molecular flexibility index (Phi) is 4.77. The molecule has 0 atom stereocenters. The number of hydrogen-bond donors (Lipinski definition) is 2. The third-order valence-electron chi connectivity index (χ3n) is 2.48. The van der Waals surface area contributed by atoms with Gasteiger partial charge in [0, 0.05) is 15.1 Å². The molecule has 1 heterocycles. The van der Waals surface area contributed by atoms with Gasteiger partial charge in [-0.1, -0.05) is 0 Å². The maximum Gasteiger partial charge on any atom is 0.274 e. The number of primary sulfonamides is 1. The maximum absolute atomic E-state index is 12.0. The van der Waals surface area contributed by atoms with Crippen molar-refractivity contribution in [1.82, 2.24) is 4.98 Å². The number of hydrogen-bond acceptors (Lipinski definition) is 4. The number of anilines is 1. The lowest BCUT2D eigenvalue weighted by Crippen LogP contribution is -2.15. The smallest absolute Gasteiger partial charge is 0.274 e. The summed E-state index contributed by atoms with van der Waals surface area (Å²) in [5, 5.41) is 7.66. The molecule has 3 N–H and O–H groups in total. The molecule has 0 saturated heterocycles. The number of pyridine rings is 1. The van der Waals surface area contributed by atoms with Crippen LogP contribution in [0.1, 0.15) is 10.5 Å². The standard InChI is InChI=1S/C12H9Br2N3O3S/c13-7-1-3-11(16-6-7)12(18)17-10-4-2-8(5-9(10)14)21(15,19)20/h1-6H,(H,17,18)(H2,15,19,20). The molecule has 6 nitrogen and oxygen atoms in total. The van der Waals surface area contributed by atoms with E-state index in [0.717, 1.165) is 4.47 Å². The first kappa shape index (κ1) is 16.1. The lowest BCUT2D eigenvalue weighted by molar-refractivity contribution is 0.102. The first-order chi connectivity index (χ1) is 9.77. The molecule has 1 aromatic heterocycles. The van der Waals surface area contributed by atoms with E-state index in [1.165, 1.54) is 24.4 Å². The molecule has 0 fully saturated rings. The Morgan fingerprint density at radius 2 is 1.90 bits per heavy atom. The van der Waals surface area contributed by atoms with Crippen LogP contribution < -0.4 is 10.5 Å². The third-order valence-corrected chi connectivity index (χ3v) is 4.51. The number of amides is 1. The monoisotopic (exact) mass is 433 g/mol. The lowest BCUT2D eigenvalue weighted by atomic mass is 10.3. The van der Waals surface area contributed by atoms with E-state index in [0.29, 0.717) is 10.2 Å². The number of aromatic nitrogens is 1. The number of nitrogens with two attached hydrogens (primary N) is 1. The van der Waals surface area contributed by atoms with Gasteiger partial charge < -0.3 is 5.32 Å².